The number of amides is 1. The smallest absolute Gasteiger partial charge is 0.289 e. The minimum Gasteiger partial charge on any atom is -0.494 e. The number of carbonyl (C=O) groups is 1. The molecule has 0 aliphatic heterocycles. The second kappa shape index (κ2) is 10.8. The Hall–Kier alpha value is -3.37. The van der Waals surface area contributed by atoms with Crippen molar-refractivity contribution in [3.63, 3.8) is 0 Å². The highest BCUT2D eigenvalue weighted by molar-refractivity contribution is 7.99. The maximum Gasteiger partial charge on any atom is 0.289 e. The van der Waals surface area contributed by atoms with Crippen LogP contribution in [0.25, 0.3) is 11.4 Å². The highest BCUT2D eigenvalue weighted by Crippen LogP contribution is 2.28. The fourth-order valence-electron chi connectivity index (χ4n) is 2.83. The van der Waals surface area contributed by atoms with Crippen molar-refractivity contribution in [1.29, 1.82) is 0 Å². The van der Waals surface area contributed by atoms with Crippen molar-refractivity contribution in [3.8, 4) is 17.1 Å². The molecule has 166 valence electrons. The second-order valence-corrected chi connectivity index (χ2v) is 7.77. The lowest BCUT2D eigenvalue weighted by atomic mass is 10.2. The Kier molecular flexibility index (Phi) is 7.85. The van der Waals surface area contributed by atoms with Crippen molar-refractivity contribution >= 4 is 40.6 Å². The van der Waals surface area contributed by atoms with Crippen molar-refractivity contribution in [3.05, 3.63) is 70.3 Å². The predicted octanol–water partition coefficient (Wildman–Crippen LogP) is 4.82. The van der Waals surface area contributed by atoms with Gasteiger partial charge in [0, 0.05) is 23.9 Å². The van der Waals surface area contributed by atoms with Crippen LogP contribution in [0.2, 0.25) is 5.02 Å². The Labute approximate surface area is 193 Å². The zero-order chi connectivity index (χ0) is 23.1. The summed E-state index contributed by atoms with van der Waals surface area (Å²) in [5, 5.41) is 22.7. The van der Waals surface area contributed by atoms with E-state index in [4.69, 9.17) is 16.3 Å². The van der Waals surface area contributed by atoms with Crippen LogP contribution in [0.4, 0.5) is 11.4 Å². The van der Waals surface area contributed by atoms with Gasteiger partial charge in [0.25, 0.3) is 5.69 Å². The molecule has 3 aromatic rings. The number of anilines is 1. The maximum absolute atomic E-state index is 12.4. The van der Waals surface area contributed by atoms with Crippen molar-refractivity contribution in [1.82, 2.24) is 14.8 Å². The van der Waals surface area contributed by atoms with E-state index in [2.05, 4.69) is 22.1 Å². The van der Waals surface area contributed by atoms with Gasteiger partial charge in [-0.3, -0.25) is 19.5 Å². The fraction of sp³-hybridized carbons (Fsp3) is 0.190. The molecule has 3 rings (SSSR count). The molecule has 1 aromatic heterocycles. The van der Waals surface area contributed by atoms with E-state index in [1.807, 2.05) is 35.8 Å². The summed E-state index contributed by atoms with van der Waals surface area (Å²) in [5.74, 6) is 1.10. The number of nitro groups is 1. The quantitative estimate of drug-likeness (QED) is 0.194. The number of nitrogens with zero attached hydrogens (tertiary/aromatic N) is 4. The zero-order valence-electron chi connectivity index (χ0n) is 17.2. The number of carbonyl (C=O) groups excluding carboxylic acids is 1. The first-order chi connectivity index (χ1) is 15.4. The highest BCUT2D eigenvalue weighted by Gasteiger charge is 2.17. The van der Waals surface area contributed by atoms with Gasteiger partial charge in [0.05, 0.1) is 17.3 Å². The van der Waals surface area contributed by atoms with Crippen molar-refractivity contribution < 1.29 is 14.5 Å². The molecule has 11 heteroatoms. The lowest BCUT2D eigenvalue weighted by Gasteiger charge is -2.09. The average molecular weight is 474 g/mol. The van der Waals surface area contributed by atoms with Crippen molar-refractivity contribution in [2.45, 2.75) is 18.6 Å². The van der Waals surface area contributed by atoms with E-state index in [0.29, 0.717) is 24.1 Å². The van der Waals surface area contributed by atoms with Crippen LogP contribution in [-0.4, -0.2) is 38.0 Å². The molecule has 2 aromatic carbocycles. The van der Waals surface area contributed by atoms with Crippen LogP contribution in [0.15, 0.2) is 60.3 Å². The first kappa shape index (κ1) is 23.3. The summed E-state index contributed by atoms with van der Waals surface area (Å²) in [6.07, 6.45) is 1.72. The lowest BCUT2D eigenvalue weighted by Crippen LogP contribution is -2.14. The predicted molar refractivity (Wildman–Crippen MR) is 124 cm³/mol. The molecule has 0 atom stereocenters. The number of hydrogen-bond donors (Lipinski definition) is 1. The summed E-state index contributed by atoms with van der Waals surface area (Å²) in [6, 6.07) is 11.6. The Balaban J connectivity index is 1.71. The number of benzene rings is 2. The summed E-state index contributed by atoms with van der Waals surface area (Å²) in [4.78, 5) is 22.8. The monoisotopic (exact) mass is 473 g/mol. The molecule has 0 bridgehead atoms. The van der Waals surface area contributed by atoms with Gasteiger partial charge in [-0.05, 0) is 43.3 Å². The van der Waals surface area contributed by atoms with Crippen LogP contribution in [0.1, 0.15) is 6.92 Å². The molecule has 0 radical (unpaired) electrons. The number of hydrogen-bond acceptors (Lipinski definition) is 7. The molecular weight excluding hydrogens is 454 g/mol. The van der Waals surface area contributed by atoms with Crippen molar-refractivity contribution in [2.75, 3.05) is 17.7 Å². The molecule has 0 fully saturated rings. The average Bonchev–Trinajstić information content (AvgIpc) is 3.17. The van der Waals surface area contributed by atoms with E-state index in [1.54, 1.807) is 6.08 Å². The second-order valence-electron chi connectivity index (χ2n) is 6.42. The highest BCUT2D eigenvalue weighted by atomic mass is 35.5. The molecule has 0 unspecified atom stereocenters. The van der Waals surface area contributed by atoms with Gasteiger partial charge in [0.1, 0.15) is 10.8 Å². The summed E-state index contributed by atoms with van der Waals surface area (Å²) in [7, 11) is 0. The van der Waals surface area contributed by atoms with Gasteiger partial charge in [0.2, 0.25) is 5.91 Å². The van der Waals surface area contributed by atoms with Crippen LogP contribution in [0.5, 0.6) is 5.75 Å². The number of allylic oxidation sites excluding steroid dienone is 1. The molecule has 32 heavy (non-hydrogen) atoms. The molecule has 9 nitrogen and oxygen atoms in total. The van der Waals surface area contributed by atoms with Crippen LogP contribution in [0, 0.1) is 10.1 Å². The third-order valence-electron chi connectivity index (χ3n) is 4.21. The summed E-state index contributed by atoms with van der Waals surface area (Å²) >= 11 is 7.00. The molecule has 1 amide bonds. The Morgan fingerprint density at radius 1 is 1.31 bits per heavy atom. The SMILES string of the molecule is C=CCn1c(SCC(=O)Nc2ccc(Cl)c([N+](=O)[O-])c2)nnc1-c1ccc(OCC)cc1. The largest absolute Gasteiger partial charge is 0.494 e. The third kappa shape index (κ3) is 5.65. The molecule has 0 saturated heterocycles. The zero-order valence-corrected chi connectivity index (χ0v) is 18.7. The van der Waals surface area contributed by atoms with Gasteiger partial charge in [-0.1, -0.05) is 29.4 Å². The fourth-order valence-corrected chi connectivity index (χ4v) is 3.76. The van der Waals surface area contributed by atoms with Gasteiger partial charge in [-0.2, -0.15) is 0 Å². The number of aromatic nitrogens is 3. The summed E-state index contributed by atoms with van der Waals surface area (Å²) in [6.45, 7) is 6.74. The van der Waals surface area contributed by atoms with Gasteiger partial charge < -0.3 is 10.1 Å². The maximum atomic E-state index is 12.4. The Morgan fingerprint density at radius 3 is 2.72 bits per heavy atom. The topological polar surface area (TPSA) is 112 Å². The van der Waals surface area contributed by atoms with E-state index >= 15 is 0 Å². The normalized spacial score (nSPS) is 10.6. The summed E-state index contributed by atoms with van der Waals surface area (Å²) in [5.41, 5.74) is 0.866. The molecule has 0 saturated carbocycles. The Morgan fingerprint density at radius 2 is 2.06 bits per heavy atom. The van der Waals surface area contributed by atoms with Gasteiger partial charge in [0.15, 0.2) is 11.0 Å². The minimum atomic E-state index is -0.604. The Bertz CT molecular complexity index is 1130. The number of ether oxygens (including phenoxy) is 1. The van der Waals surface area contributed by atoms with Crippen LogP contribution < -0.4 is 10.1 Å². The third-order valence-corrected chi connectivity index (χ3v) is 5.50. The number of halogens is 1. The van der Waals surface area contributed by atoms with Crippen LogP contribution >= 0.6 is 23.4 Å². The van der Waals surface area contributed by atoms with E-state index in [1.165, 1.54) is 30.0 Å². The van der Waals surface area contributed by atoms with Crippen LogP contribution in [-0.2, 0) is 11.3 Å². The number of nitro benzene ring substituents is 1. The molecule has 1 heterocycles. The number of thioether (sulfide) groups is 1. The standard InChI is InChI=1S/C21H20ClN5O4S/c1-3-11-26-20(14-5-8-16(9-6-14)31-4-2)24-25-21(26)32-13-19(28)23-15-7-10-17(22)18(12-15)27(29)30/h3,5-10,12H,1,4,11,13H2,2H3,(H,23,28). The van der Waals surface area contributed by atoms with Gasteiger partial charge >= 0.3 is 0 Å². The van der Waals surface area contributed by atoms with Crippen molar-refractivity contribution in [2.24, 2.45) is 0 Å². The van der Waals surface area contributed by atoms with E-state index in [-0.39, 0.29) is 28.1 Å². The van der Waals surface area contributed by atoms with Gasteiger partial charge in [-0.15, -0.1) is 16.8 Å². The van der Waals surface area contributed by atoms with E-state index in [9.17, 15) is 14.9 Å². The van der Waals surface area contributed by atoms with Gasteiger partial charge in [-0.25, -0.2) is 0 Å². The lowest BCUT2D eigenvalue weighted by molar-refractivity contribution is -0.384. The molecule has 1 N–H and O–H groups in total. The molecule has 0 aliphatic carbocycles. The molecule has 0 spiro atoms. The first-order valence-corrected chi connectivity index (χ1v) is 10.9. The first-order valence-electron chi connectivity index (χ1n) is 9.56. The minimum absolute atomic E-state index is 0.00159. The van der Waals surface area contributed by atoms with E-state index in [0.717, 1.165) is 11.3 Å². The molecular formula is C21H20ClN5O4S. The van der Waals surface area contributed by atoms with E-state index < -0.39 is 4.92 Å². The summed E-state index contributed by atoms with van der Waals surface area (Å²) < 4.78 is 7.32. The molecule has 0 aliphatic rings. The number of rotatable bonds is 10. The van der Waals surface area contributed by atoms with Crippen LogP contribution in [0.3, 0.4) is 0 Å². The number of nitrogens with one attached hydrogen (secondary N) is 1.